The Labute approximate surface area is 194 Å². The van der Waals surface area contributed by atoms with E-state index in [-0.39, 0.29) is 29.8 Å². The van der Waals surface area contributed by atoms with Crippen LogP contribution in [-0.2, 0) is 16.0 Å². The molecular formula is C21H30FIN4O3. The Bertz CT molecular complexity index is 747. The van der Waals surface area contributed by atoms with E-state index >= 15 is 0 Å². The highest BCUT2D eigenvalue weighted by atomic mass is 127. The normalized spacial score (nSPS) is 11.0. The first-order chi connectivity index (χ1) is 14.2. The van der Waals surface area contributed by atoms with Crippen LogP contribution in [-0.4, -0.2) is 51.0 Å². The van der Waals surface area contributed by atoms with Crippen molar-refractivity contribution < 1.29 is 18.6 Å². The second kappa shape index (κ2) is 15.8. The van der Waals surface area contributed by atoms with Crippen LogP contribution in [0.2, 0.25) is 0 Å². The zero-order valence-corrected chi connectivity index (χ0v) is 19.7. The maximum absolute atomic E-state index is 13.0. The number of hydrogen-bond acceptors (Lipinski definition) is 5. The molecule has 0 amide bonds. The van der Waals surface area contributed by atoms with Gasteiger partial charge < -0.3 is 24.8 Å². The van der Waals surface area contributed by atoms with Gasteiger partial charge in [0, 0.05) is 39.1 Å². The van der Waals surface area contributed by atoms with Crippen LogP contribution in [0.1, 0.15) is 18.9 Å². The molecule has 30 heavy (non-hydrogen) atoms. The number of guanidine groups is 1. The zero-order valence-electron chi connectivity index (χ0n) is 17.4. The van der Waals surface area contributed by atoms with E-state index in [1.54, 1.807) is 25.4 Å². The summed E-state index contributed by atoms with van der Waals surface area (Å²) < 4.78 is 29.1. The number of ether oxygens (including phenoxy) is 3. The number of pyridine rings is 1. The SMILES string of the molecule is CCNC(=NCc1ccnc(Oc2ccc(F)cc2)c1)NCCCOCCOC.I. The number of rotatable bonds is 12. The van der Waals surface area contributed by atoms with E-state index in [4.69, 9.17) is 14.2 Å². The lowest BCUT2D eigenvalue weighted by atomic mass is 10.2. The molecule has 1 heterocycles. The third kappa shape index (κ3) is 10.7. The van der Waals surface area contributed by atoms with E-state index in [1.807, 2.05) is 19.1 Å². The molecule has 0 aliphatic rings. The molecule has 1 aromatic heterocycles. The Hall–Kier alpha value is -1.98. The molecule has 0 aliphatic carbocycles. The third-order valence-corrected chi connectivity index (χ3v) is 3.79. The van der Waals surface area contributed by atoms with Gasteiger partial charge in [-0.3, -0.25) is 0 Å². The standard InChI is InChI=1S/C21H29FN4O3.HI/c1-3-23-21(25-10-4-12-28-14-13-27-2)26-16-17-9-11-24-20(15-17)29-19-7-5-18(22)6-8-19;/h5-9,11,15H,3-4,10,12-14,16H2,1-2H3,(H2,23,25,26);1H. The van der Waals surface area contributed by atoms with E-state index in [2.05, 4.69) is 20.6 Å². The molecule has 0 radical (unpaired) electrons. The first kappa shape index (κ1) is 26.1. The van der Waals surface area contributed by atoms with Gasteiger partial charge in [-0.1, -0.05) is 0 Å². The van der Waals surface area contributed by atoms with E-state index < -0.39 is 0 Å². The second-order valence-electron chi connectivity index (χ2n) is 6.14. The maximum atomic E-state index is 13.0. The Morgan fingerprint density at radius 1 is 1.10 bits per heavy atom. The summed E-state index contributed by atoms with van der Waals surface area (Å²) in [4.78, 5) is 8.78. The molecule has 2 aromatic rings. The number of aromatic nitrogens is 1. The van der Waals surface area contributed by atoms with Crippen LogP contribution in [0.4, 0.5) is 4.39 Å². The average Bonchev–Trinajstić information content (AvgIpc) is 2.73. The van der Waals surface area contributed by atoms with Crippen LogP contribution in [0, 0.1) is 5.82 Å². The van der Waals surface area contributed by atoms with Crippen LogP contribution in [0.5, 0.6) is 11.6 Å². The molecule has 0 bridgehead atoms. The van der Waals surface area contributed by atoms with Gasteiger partial charge >= 0.3 is 0 Å². The Morgan fingerprint density at radius 3 is 2.63 bits per heavy atom. The fourth-order valence-corrected chi connectivity index (χ4v) is 2.37. The number of aliphatic imine (C=N–C) groups is 1. The minimum Gasteiger partial charge on any atom is -0.439 e. The molecular weight excluding hydrogens is 502 g/mol. The maximum Gasteiger partial charge on any atom is 0.219 e. The van der Waals surface area contributed by atoms with Gasteiger partial charge in [-0.2, -0.15) is 0 Å². The molecule has 9 heteroatoms. The van der Waals surface area contributed by atoms with Crippen molar-refractivity contribution in [1.82, 2.24) is 15.6 Å². The molecule has 166 valence electrons. The van der Waals surface area contributed by atoms with Crippen molar-refractivity contribution in [2.45, 2.75) is 19.9 Å². The number of benzene rings is 1. The monoisotopic (exact) mass is 532 g/mol. The van der Waals surface area contributed by atoms with Crippen LogP contribution in [0.15, 0.2) is 47.6 Å². The highest BCUT2D eigenvalue weighted by Gasteiger charge is 2.02. The van der Waals surface area contributed by atoms with Crippen molar-refractivity contribution in [3.05, 3.63) is 54.0 Å². The Morgan fingerprint density at radius 2 is 1.90 bits per heavy atom. The number of hydrogen-bond donors (Lipinski definition) is 2. The quantitative estimate of drug-likeness (QED) is 0.188. The summed E-state index contributed by atoms with van der Waals surface area (Å²) in [5.41, 5.74) is 0.956. The van der Waals surface area contributed by atoms with E-state index in [1.165, 1.54) is 12.1 Å². The first-order valence-electron chi connectivity index (χ1n) is 9.68. The van der Waals surface area contributed by atoms with Gasteiger partial charge in [0.1, 0.15) is 11.6 Å². The second-order valence-corrected chi connectivity index (χ2v) is 6.14. The topological polar surface area (TPSA) is 77.0 Å². The smallest absolute Gasteiger partial charge is 0.219 e. The zero-order chi connectivity index (χ0) is 20.7. The molecule has 0 unspecified atom stereocenters. The minimum absolute atomic E-state index is 0. The first-order valence-corrected chi connectivity index (χ1v) is 9.68. The van der Waals surface area contributed by atoms with Crippen LogP contribution in [0.3, 0.4) is 0 Å². The van der Waals surface area contributed by atoms with Crippen molar-refractivity contribution in [3.63, 3.8) is 0 Å². The van der Waals surface area contributed by atoms with Crippen LogP contribution < -0.4 is 15.4 Å². The van der Waals surface area contributed by atoms with Gasteiger partial charge in [0.2, 0.25) is 5.88 Å². The summed E-state index contributed by atoms with van der Waals surface area (Å²) in [6, 6.07) is 9.53. The predicted molar refractivity (Wildman–Crippen MR) is 126 cm³/mol. The number of nitrogens with zero attached hydrogens (tertiary/aromatic N) is 2. The average molecular weight is 532 g/mol. The van der Waals surface area contributed by atoms with E-state index in [0.717, 1.165) is 31.0 Å². The van der Waals surface area contributed by atoms with Crippen molar-refractivity contribution in [2.24, 2.45) is 4.99 Å². The molecule has 0 saturated carbocycles. The Kier molecular flexibility index (Phi) is 13.7. The van der Waals surface area contributed by atoms with Crippen molar-refractivity contribution in [2.75, 3.05) is 40.0 Å². The largest absolute Gasteiger partial charge is 0.439 e. The van der Waals surface area contributed by atoms with E-state index in [9.17, 15) is 4.39 Å². The highest BCUT2D eigenvalue weighted by Crippen LogP contribution is 2.20. The van der Waals surface area contributed by atoms with Crippen molar-refractivity contribution >= 4 is 29.9 Å². The molecule has 0 aliphatic heterocycles. The molecule has 0 spiro atoms. The Balaban J connectivity index is 0.00000450. The van der Waals surface area contributed by atoms with Gasteiger partial charge in [0.25, 0.3) is 0 Å². The lowest BCUT2D eigenvalue weighted by Crippen LogP contribution is -2.38. The summed E-state index contributed by atoms with van der Waals surface area (Å²) in [7, 11) is 1.66. The minimum atomic E-state index is -0.307. The molecule has 0 atom stereocenters. The number of nitrogens with one attached hydrogen (secondary N) is 2. The van der Waals surface area contributed by atoms with E-state index in [0.29, 0.717) is 38.0 Å². The summed E-state index contributed by atoms with van der Waals surface area (Å²) in [6.45, 7) is 5.91. The molecule has 2 N–H and O–H groups in total. The molecule has 1 aromatic carbocycles. The number of halogens is 2. The van der Waals surface area contributed by atoms with Gasteiger partial charge in [0.05, 0.1) is 19.8 Å². The van der Waals surface area contributed by atoms with Gasteiger partial charge in [0.15, 0.2) is 5.96 Å². The lowest BCUT2D eigenvalue weighted by Gasteiger charge is -2.11. The van der Waals surface area contributed by atoms with Crippen LogP contribution in [0.25, 0.3) is 0 Å². The van der Waals surface area contributed by atoms with Gasteiger partial charge in [-0.15, -0.1) is 24.0 Å². The third-order valence-electron chi connectivity index (χ3n) is 3.79. The summed E-state index contributed by atoms with van der Waals surface area (Å²) in [5.74, 6) is 1.40. The van der Waals surface area contributed by atoms with Crippen LogP contribution >= 0.6 is 24.0 Å². The fraction of sp³-hybridized carbons (Fsp3) is 0.429. The van der Waals surface area contributed by atoms with Gasteiger partial charge in [-0.05, 0) is 49.2 Å². The number of methoxy groups -OCH3 is 1. The van der Waals surface area contributed by atoms with Crippen molar-refractivity contribution in [1.29, 1.82) is 0 Å². The molecule has 2 rings (SSSR count). The lowest BCUT2D eigenvalue weighted by molar-refractivity contribution is 0.0698. The van der Waals surface area contributed by atoms with Crippen molar-refractivity contribution in [3.8, 4) is 11.6 Å². The van der Waals surface area contributed by atoms with Gasteiger partial charge in [-0.25, -0.2) is 14.4 Å². The summed E-state index contributed by atoms with van der Waals surface area (Å²) in [5, 5.41) is 6.51. The molecule has 0 fully saturated rings. The fourth-order valence-electron chi connectivity index (χ4n) is 2.37. The summed E-state index contributed by atoms with van der Waals surface area (Å²) in [6.07, 6.45) is 2.54. The molecule has 0 saturated heterocycles. The summed E-state index contributed by atoms with van der Waals surface area (Å²) >= 11 is 0. The molecule has 7 nitrogen and oxygen atoms in total. The predicted octanol–water partition coefficient (Wildman–Crippen LogP) is 3.74. The highest BCUT2D eigenvalue weighted by molar-refractivity contribution is 14.0.